The van der Waals surface area contributed by atoms with Gasteiger partial charge in [0, 0.05) is 13.2 Å². The fraction of sp³-hybridized carbons (Fsp3) is 0.500. The molecule has 6 heteroatoms. The number of benzene rings is 1. The van der Waals surface area contributed by atoms with E-state index in [2.05, 4.69) is 5.32 Å². The van der Waals surface area contributed by atoms with Crippen LogP contribution in [0.3, 0.4) is 0 Å². The monoisotopic (exact) mass is 272 g/mol. The van der Waals surface area contributed by atoms with Crippen LogP contribution in [0.2, 0.25) is 5.02 Å². The first-order chi connectivity index (χ1) is 8.56. The first-order valence-corrected chi connectivity index (χ1v) is 6.21. The zero-order valence-corrected chi connectivity index (χ0v) is 11.0. The van der Waals surface area contributed by atoms with Crippen LogP contribution in [0.15, 0.2) is 18.2 Å². The van der Waals surface area contributed by atoms with Gasteiger partial charge in [0.25, 0.3) is 0 Å². The van der Waals surface area contributed by atoms with Crippen molar-refractivity contribution in [3.63, 3.8) is 0 Å². The molecule has 0 heterocycles. The average Bonchev–Trinajstić information content (AvgIpc) is 2.33. The van der Waals surface area contributed by atoms with Crippen molar-refractivity contribution in [2.24, 2.45) is 5.92 Å². The molecule has 0 spiro atoms. The van der Waals surface area contributed by atoms with Crippen molar-refractivity contribution in [2.75, 3.05) is 18.5 Å². The van der Waals surface area contributed by atoms with E-state index >= 15 is 0 Å². The summed E-state index contributed by atoms with van der Waals surface area (Å²) >= 11 is 5.80. The molecule has 1 aromatic carbocycles. The van der Waals surface area contributed by atoms with Crippen molar-refractivity contribution in [3.05, 3.63) is 33.3 Å². The van der Waals surface area contributed by atoms with Crippen LogP contribution >= 0.6 is 11.6 Å². The summed E-state index contributed by atoms with van der Waals surface area (Å²) in [4.78, 5) is 10.4. The van der Waals surface area contributed by atoms with E-state index in [0.29, 0.717) is 12.2 Å². The topological polar surface area (TPSA) is 75.4 Å². The molecule has 100 valence electrons. The van der Waals surface area contributed by atoms with E-state index in [-0.39, 0.29) is 23.2 Å². The highest BCUT2D eigenvalue weighted by atomic mass is 35.5. The van der Waals surface area contributed by atoms with Crippen molar-refractivity contribution in [1.29, 1.82) is 0 Å². The Balaban J connectivity index is 2.57. The maximum atomic E-state index is 10.9. The Morgan fingerprint density at radius 3 is 2.89 bits per heavy atom. The number of hydrogen-bond acceptors (Lipinski definition) is 4. The molecule has 1 aromatic rings. The number of halogens is 1. The van der Waals surface area contributed by atoms with E-state index in [1.54, 1.807) is 12.1 Å². The number of aliphatic hydroxyl groups excluding tert-OH is 1. The van der Waals surface area contributed by atoms with E-state index in [1.807, 2.05) is 6.92 Å². The zero-order chi connectivity index (χ0) is 13.5. The number of aliphatic hydroxyl groups is 1. The lowest BCUT2D eigenvalue weighted by atomic mass is 10.1. The van der Waals surface area contributed by atoms with Crippen molar-refractivity contribution in [3.8, 4) is 0 Å². The third-order valence-corrected chi connectivity index (χ3v) is 2.98. The Kier molecular flexibility index (Phi) is 5.88. The zero-order valence-electron chi connectivity index (χ0n) is 10.2. The van der Waals surface area contributed by atoms with Gasteiger partial charge in [-0.1, -0.05) is 24.6 Å². The molecule has 1 atom stereocenters. The summed E-state index contributed by atoms with van der Waals surface area (Å²) in [5.74, 6) is 0.251. The van der Waals surface area contributed by atoms with E-state index in [4.69, 9.17) is 16.7 Å². The molecule has 5 nitrogen and oxygen atoms in total. The van der Waals surface area contributed by atoms with Crippen LogP contribution in [0.4, 0.5) is 11.4 Å². The molecular weight excluding hydrogens is 256 g/mol. The molecule has 0 bridgehead atoms. The van der Waals surface area contributed by atoms with Crippen LogP contribution < -0.4 is 5.32 Å². The number of rotatable bonds is 7. The third-order valence-electron chi connectivity index (χ3n) is 2.67. The van der Waals surface area contributed by atoms with Gasteiger partial charge in [0.15, 0.2) is 0 Å². The van der Waals surface area contributed by atoms with E-state index in [9.17, 15) is 10.1 Å². The minimum atomic E-state index is -0.485. The minimum Gasteiger partial charge on any atom is -0.396 e. The predicted octanol–water partition coefficient (Wildman–Crippen LogP) is 3.07. The van der Waals surface area contributed by atoms with Gasteiger partial charge in [-0.3, -0.25) is 10.1 Å². The number of para-hydroxylation sites is 1. The van der Waals surface area contributed by atoms with Gasteiger partial charge in [-0.2, -0.15) is 0 Å². The molecule has 0 fully saturated rings. The number of nitrogens with one attached hydrogen (secondary N) is 1. The Hall–Kier alpha value is -1.33. The summed E-state index contributed by atoms with van der Waals surface area (Å²) in [6.07, 6.45) is 1.71. The van der Waals surface area contributed by atoms with Crippen LogP contribution in [0.25, 0.3) is 0 Å². The smallest absolute Gasteiger partial charge is 0.310 e. The summed E-state index contributed by atoms with van der Waals surface area (Å²) < 4.78 is 0. The molecule has 0 aliphatic heterocycles. The highest BCUT2D eigenvalue weighted by molar-refractivity contribution is 6.33. The maximum Gasteiger partial charge on any atom is 0.310 e. The lowest BCUT2D eigenvalue weighted by molar-refractivity contribution is -0.383. The number of nitro benzene ring substituents is 1. The third kappa shape index (κ3) is 4.16. The van der Waals surface area contributed by atoms with E-state index in [0.717, 1.165) is 12.8 Å². The van der Waals surface area contributed by atoms with Gasteiger partial charge in [0.2, 0.25) is 0 Å². The Morgan fingerprint density at radius 2 is 2.28 bits per heavy atom. The van der Waals surface area contributed by atoms with Crippen molar-refractivity contribution in [1.82, 2.24) is 0 Å². The Labute approximate surface area is 111 Å². The first kappa shape index (κ1) is 14.7. The summed E-state index contributed by atoms with van der Waals surface area (Å²) in [5, 5.41) is 22.9. The molecule has 1 unspecified atom stereocenters. The standard InChI is InChI=1S/C12H17ClN2O3/c1-9(8-16)4-3-7-14-11-6-2-5-10(13)12(11)15(17)18/h2,5-6,9,14,16H,3-4,7-8H2,1H3. The summed E-state index contributed by atoms with van der Waals surface area (Å²) in [7, 11) is 0. The second-order valence-corrected chi connectivity index (χ2v) is 4.66. The van der Waals surface area contributed by atoms with Crippen LogP contribution in [-0.4, -0.2) is 23.2 Å². The summed E-state index contributed by atoms with van der Waals surface area (Å²) in [6, 6.07) is 4.81. The van der Waals surface area contributed by atoms with Crippen LogP contribution in [0.1, 0.15) is 19.8 Å². The molecular formula is C12H17ClN2O3. The molecule has 2 N–H and O–H groups in total. The SMILES string of the molecule is CC(CO)CCCNc1cccc(Cl)c1[N+](=O)[O-]. The second-order valence-electron chi connectivity index (χ2n) is 4.25. The fourth-order valence-electron chi connectivity index (χ4n) is 1.61. The molecule has 0 aliphatic rings. The Bertz CT molecular complexity index is 412. The van der Waals surface area contributed by atoms with Gasteiger partial charge < -0.3 is 10.4 Å². The quantitative estimate of drug-likeness (QED) is 0.454. The highest BCUT2D eigenvalue weighted by Crippen LogP contribution is 2.32. The largest absolute Gasteiger partial charge is 0.396 e. The Morgan fingerprint density at radius 1 is 1.56 bits per heavy atom. The molecule has 0 aromatic heterocycles. The van der Waals surface area contributed by atoms with Crippen LogP contribution in [0, 0.1) is 16.0 Å². The highest BCUT2D eigenvalue weighted by Gasteiger charge is 2.17. The van der Waals surface area contributed by atoms with Gasteiger partial charge in [0.05, 0.1) is 4.92 Å². The molecule has 0 saturated carbocycles. The maximum absolute atomic E-state index is 10.9. The first-order valence-electron chi connectivity index (χ1n) is 5.84. The number of nitro groups is 1. The number of hydrogen-bond donors (Lipinski definition) is 2. The van der Waals surface area contributed by atoms with Gasteiger partial charge in [-0.25, -0.2) is 0 Å². The summed E-state index contributed by atoms with van der Waals surface area (Å²) in [6.45, 7) is 2.74. The van der Waals surface area contributed by atoms with Crippen molar-refractivity contribution < 1.29 is 10.0 Å². The lowest BCUT2D eigenvalue weighted by Gasteiger charge is -2.10. The van der Waals surface area contributed by atoms with Gasteiger partial charge >= 0.3 is 5.69 Å². The molecule has 1 rings (SSSR count). The second kappa shape index (κ2) is 7.18. The number of anilines is 1. The van der Waals surface area contributed by atoms with E-state index in [1.165, 1.54) is 6.07 Å². The van der Waals surface area contributed by atoms with Gasteiger partial charge in [-0.05, 0) is 30.9 Å². The average molecular weight is 273 g/mol. The molecule has 0 radical (unpaired) electrons. The minimum absolute atomic E-state index is 0.0885. The van der Waals surface area contributed by atoms with Gasteiger partial charge in [0.1, 0.15) is 10.7 Å². The lowest BCUT2D eigenvalue weighted by Crippen LogP contribution is -2.07. The van der Waals surface area contributed by atoms with Crippen LogP contribution in [-0.2, 0) is 0 Å². The summed E-state index contributed by atoms with van der Waals surface area (Å²) in [5.41, 5.74) is 0.346. The molecule has 0 aliphatic carbocycles. The van der Waals surface area contributed by atoms with Crippen LogP contribution in [0.5, 0.6) is 0 Å². The number of nitrogens with zero attached hydrogens (tertiary/aromatic N) is 1. The fourth-order valence-corrected chi connectivity index (χ4v) is 1.85. The molecule has 0 saturated heterocycles. The molecule has 18 heavy (non-hydrogen) atoms. The normalized spacial score (nSPS) is 12.2. The molecule has 0 amide bonds. The predicted molar refractivity (Wildman–Crippen MR) is 72.1 cm³/mol. The van der Waals surface area contributed by atoms with Gasteiger partial charge in [-0.15, -0.1) is 0 Å². The van der Waals surface area contributed by atoms with Crippen molar-refractivity contribution >= 4 is 23.0 Å². The van der Waals surface area contributed by atoms with E-state index < -0.39 is 4.92 Å². The van der Waals surface area contributed by atoms with Crippen molar-refractivity contribution in [2.45, 2.75) is 19.8 Å².